The molecular weight excluding hydrogens is 368 g/mol. The van der Waals surface area contributed by atoms with Gasteiger partial charge in [-0.3, -0.25) is 4.79 Å². The Balaban J connectivity index is 2.00. The van der Waals surface area contributed by atoms with Crippen LogP contribution in [0.2, 0.25) is 0 Å². The molecule has 1 atom stereocenters. The summed E-state index contributed by atoms with van der Waals surface area (Å²) in [6.07, 6.45) is 1.70. The molecule has 152 valence electrons. The Morgan fingerprint density at radius 3 is 1.87 bits per heavy atom. The lowest BCUT2D eigenvalue weighted by Gasteiger charge is -2.28. The van der Waals surface area contributed by atoms with Gasteiger partial charge in [-0.05, 0) is 54.7 Å². The van der Waals surface area contributed by atoms with E-state index in [2.05, 4.69) is 42.6 Å². The Hall–Kier alpha value is -3.38. The number of anilines is 1. The Morgan fingerprint density at radius 2 is 1.43 bits per heavy atom. The molecule has 0 spiro atoms. The van der Waals surface area contributed by atoms with Crippen molar-refractivity contribution in [1.82, 2.24) is 0 Å². The number of hydrogen-bond donors (Lipinski definition) is 1. The van der Waals surface area contributed by atoms with Crippen LogP contribution in [0.5, 0.6) is 0 Å². The number of nitriles is 1. The lowest BCUT2D eigenvalue weighted by atomic mass is 9.78. The topological polar surface area (TPSA) is 52.9 Å². The maximum atomic E-state index is 13.6. The van der Waals surface area contributed by atoms with Crippen LogP contribution >= 0.6 is 0 Å². The molecule has 30 heavy (non-hydrogen) atoms. The number of amides is 1. The molecule has 1 N–H and O–H groups in total. The first-order valence-corrected chi connectivity index (χ1v) is 10.5. The zero-order valence-electron chi connectivity index (χ0n) is 17.9. The second kappa shape index (κ2) is 9.89. The highest BCUT2D eigenvalue weighted by atomic mass is 16.1. The van der Waals surface area contributed by atoms with Crippen LogP contribution in [0.4, 0.5) is 5.69 Å². The predicted octanol–water partition coefficient (Wildman–Crippen LogP) is 6.36. The molecule has 0 saturated heterocycles. The quantitative estimate of drug-likeness (QED) is 0.505. The molecule has 3 aromatic rings. The molecule has 3 rings (SSSR count). The van der Waals surface area contributed by atoms with Gasteiger partial charge in [0.1, 0.15) is 0 Å². The average molecular weight is 397 g/mol. The van der Waals surface area contributed by atoms with E-state index in [1.54, 1.807) is 0 Å². The Morgan fingerprint density at radius 1 is 0.933 bits per heavy atom. The monoisotopic (exact) mass is 396 g/mol. The molecule has 1 unspecified atom stereocenters. The first kappa shape index (κ1) is 21.3. The van der Waals surface area contributed by atoms with Crippen molar-refractivity contribution in [3.8, 4) is 6.07 Å². The van der Waals surface area contributed by atoms with E-state index >= 15 is 0 Å². The van der Waals surface area contributed by atoms with Crippen molar-refractivity contribution in [3.05, 3.63) is 101 Å². The lowest BCUT2D eigenvalue weighted by molar-refractivity contribution is -0.120. The van der Waals surface area contributed by atoms with Crippen LogP contribution < -0.4 is 5.32 Å². The Kier molecular flexibility index (Phi) is 7.03. The van der Waals surface area contributed by atoms with Crippen molar-refractivity contribution in [2.24, 2.45) is 5.92 Å². The standard InChI is InChI=1S/C27H28N2O/c1-4-11-24(27(30)29-26-19(2)16-21(18-28)17-20(26)3)25(22-12-7-5-8-13-22)23-14-9-6-10-15-23/h5-10,12-17,24-25H,4,11H2,1-3H3,(H,29,30). The van der Waals surface area contributed by atoms with Crippen LogP contribution in [-0.2, 0) is 4.79 Å². The van der Waals surface area contributed by atoms with Crippen LogP contribution in [0, 0.1) is 31.1 Å². The van der Waals surface area contributed by atoms with E-state index in [9.17, 15) is 10.1 Å². The summed E-state index contributed by atoms with van der Waals surface area (Å²) in [5, 5.41) is 12.4. The van der Waals surface area contributed by atoms with Crippen molar-refractivity contribution < 1.29 is 4.79 Å². The van der Waals surface area contributed by atoms with Crippen molar-refractivity contribution in [3.63, 3.8) is 0 Å². The van der Waals surface area contributed by atoms with Crippen molar-refractivity contribution >= 4 is 11.6 Å². The first-order valence-electron chi connectivity index (χ1n) is 10.5. The van der Waals surface area contributed by atoms with E-state index in [4.69, 9.17) is 0 Å². The van der Waals surface area contributed by atoms with Crippen LogP contribution in [0.25, 0.3) is 0 Å². The zero-order chi connectivity index (χ0) is 21.5. The third-order valence-electron chi connectivity index (χ3n) is 5.57. The summed E-state index contributed by atoms with van der Waals surface area (Å²) in [7, 11) is 0. The largest absolute Gasteiger partial charge is 0.325 e. The molecule has 0 heterocycles. The van der Waals surface area contributed by atoms with Crippen molar-refractivity contribution in [1.29, 1.82) is 5.26 Å². The van der Waals surface area contributed by atoms with E-state index in [-0.39, 0.29) is 17.7 Å². The molecular formula is C27H28N2O. The fourth-order valence-electron chi connectivity index (χ4n) is 4.18. The normalized spacial score (nSPS) is 11.7. The van der Waals surface area contributed by atoms with E-state index in [1.165, 1.54) is 0 Å². The minimum Gasteiger partial charge on any atom is -0.325 e. The van der Waals surface area contributed by atoms with Gasteiger partial charge in [0.25, 0.3) is 0 Å². The average Bonchev–Trinajstić information content (AvgIpc) is 2.77. The molecule has 0 aliphatic carbocycles. The van der Waals surface area contributed by atoms with E-state index in [1.807, 2.05) is 62.4 Å². The van der Waals surface area contributed by atoms with Crippen LogP contribution in [0.1, 0.15) is 53.5 Å². The zero-order valence-corrected chi connectivity index (χ0v) is 17.9. The number of nitrogens with zero attached hydrogens (tertiary/aromatic N) is 1. The number of carbonyl (C=O) groups excluding carboxylic acids is 1. The second-order valence-corrected chi connectivity index (χ2v) is 7.78. The van der Waals surface area contributed by atoms with Crippen molar-refractivity contribution in [2.75, 3.05) is 5.32 Å². The summed E-state index contributed by atoms with van der Waals surface area (Å²) in [6.45, 7) is 5.99. The van der Waals surface area contributed by atoms with Crippen LogP contribution in [0.15, 0.2) is 72.8 Å². The van der Waals surface area contributed by atoms with Gasteiger partial charge in [0.05, 0.1) is 11.6 Å². The highest BCUT2D eigenvalue weighted by molar-refractivity contribution is 5.95. The fraction of sp³-hybridized carbons (Fsp3) is 0.259. The van der Waals surface area contributed by atoms with Gasteiger partial charge in [-0.2, -0.15) is 5.26 Å². The third-order valence-corrected chi connectivity index (χ3v) is 5.57. The van der Waals surface area contributed by atoms with Gasteiger partial charge >= 0.3 is 0 Å². The fourth-order valence-corrected chi connectivity index (χ4v) is 4.18. The van der Waals surface area contributed by atoms with Gasteiger partial charge in [-0.1, -0.05) is 74.0 Å². The molecule has 3 aromatic carbocycles. The number of aryl methyl sites for hydroxylation is 2. The predicted molar refractivity (Wildman–Crippen MR) is 122 cm³/mol. The summed E-state index contributed by atoms with van der Waals surface area (Å²) in [5.74, 6) is -0.203. The van der Waals surface area contributed by atoms with Gasteiger partial charge in [0.2, 0.25) is 5.91 Å². The molecule has 0 aliphatic heterocycles. The van der Waals surface area contributed by atoms with E-state index in [0.717, 1.165) is 40.8 Å². The molecule has 0 radical (unpaired) electrons. The van der Waals surface area contributed by atoms with Gasteiger partial charge < -0.3 is 5.32 Å². The molecule has 3 heteroatoms. The highest BCUT2D eigenvalue weighted by Gasteiger charge is 2.30. The maximum absolute atomic E-state index is 13.6. The minimum absolute atomic E-state index is 0.0189. The van der Waals surface area contributed by atoms with Crippen LogP contribution in [-0.4, -0.2) is 5.91 Å². The van der Waals surface area contributed by atoms with Gasteiger partial charge in [-0.15, -0.1) is 0 Å². The maximum Gasteiger partial charge on any atom is 0.228 e. The Bertz CT molecular complexity index is 973. The molecule has 1 amide bonds. The number of benzene rings is 3. The third kappa shape index (κ3) is 4.78. The SMILES string of the molecule is CCCC(C(=O)Nc1c(C)cc(C#N)cc1C)C(c1ccccc1)c1ccccc1. The molecule has 0 bridgehead atoms. The number of hydrogen-bond acceptors (Lipinski definition) is 2. The number of nitrogens with one attached hydrogen (secondary N) is 1. The summed E-state index contributed by atoms with van der Waals surface area (Å²) in [6, 6.07) is 26.4. The smallest absolute Gasteiger partial charge is 0.228 e. The first-order chi connectivity index (χ1) is 14.5. The van der Waals surface area contributed by atoms with E-state index in [0.29, 0.717) is 5.56 Å². The van der Waals surface area contributed by atoms with E-state index < -0.39 is 0 Å². The van der Waals surface area contributed by atoms with Gasteiger partial charge in [-0.25, -0.2) is 0 Å². The van der Waals surface area contributed by atoms with Gasteiger partial charge in [0, 0.05) is 17.5 Å². The summed E-state index contributed by atoms with van der Waals surface area (Å²) < 4.78 is 0. The number of rotatable bonds is 7. The molecule has 0 aliphatic rings. The van der Waals surface area contributed by atoms with Crippen LogP contribution in [0.3, 0.4) is 0 Å². The highest BCUT2D eigenvalue weighted by Crippen LogP contribution is 2.36. The lowest BCUT2D eigenvalue weighted by Crippen LogP contribution is -2.29. The molecule has 0 fully saturated rings. The molecule has 3 nitrogen and oxygen atoms in total. The summed E-state index contributed by atoms with van der Waals surface area (Å²) >= 11 is 0. The summed E-state index contributed by atoms with van der Waals surface area (Å²) in [5.41, 5.74) is 5.52. The number of carbonyl (C=O) groups is 1. The Labute approximate surface area is 179 Å². The summed E-state index contributed by atoms with van der Waals surface area (Å²) in [4.78, 5) is 13.6. The van der Waals surface area contributed by atoms with Gasteiger partial charge in [0.15, 0.2) is 0 Å². The molecule has 0 saturated carbocycles. The molecule has 0 aromatic heterocycles. The second-order valence-electron chi connectivity index (χ2n) is 7.78. The minimum atomic E-state index is -0.200. The van der Waals surface area contributed by atoms with Crippen molar-refractivity contribution in [2.45, 2.75) is 39.5 Å².